The normalized spacial score (nSPS) is 20.2. The van der Waals surface area contributed by atoms with Gasteiger partial charge in [-0.25, -0.2) is 14.3 Å². The number of aliphatic carboxylic acids is 2. The summed E-state index contributed by atoms with van der Waals surface area (Å²) in [6.45, 7) is 1.48. The number of imidazole rings is 1. The van der Waals surface area contributed by atoms with Crippen LogP contribution in [0.5, 0.6) is 0 Å². The number of nitrogen functional groups attached to an aromatic ring is 1. The number of oxime groups is 1. The molecule has 3 aromatic rings. The molecule has 198 valence electrons. The molecule has 0 spiro atoms. The van der Waals surface area contributed by atoms with Crippen LogP contribution in [0.25, 0.3) is 4.83 Å². The number of thioether (sulfide) groups is 1. The molecule has 5 rings (SSSR count). The van der Waals surface area contributed by atoms with Gasteiger partial charge in [0, 0.05) is 22.1 Å². The Morgan fingerprint density at radius 1 is 1.42 bits per heavy atom. The summed E-state index contributed by atoms with van der Waals surface area (Å²) in [6.07, 6.45) is 4.23. The Morgan fingerprint density at radius 3 is 2.87 bits per heavy atom. The van der Waals surface area contributed by atoms with E-state index in [4.69, 9.17) is 15.7 Å². The van der Waals surface area contributed by atoms with E-state index in [0.29, 0.717) is 11.3 Å². The zero-order valence-corrected chi connectivity index (χ0v) is 21.9. The molecule has 38 heavy (non-hydrogen) atoms. The van der Waals surface area contributed by atoms with Gasteiger partial charge in [0.15, 0.2) is 10.8 Å². The topological polar surface area (TPSA) is 196 Å². The first-order valence-electron chi connectivity index (χ1n) is 10.9. The molecule has 2 aliphatic heterocycles. The van der Waals surface area contributed by atoms with Gasteiger partial charge in [-0.3, -0.25) is 14.5 Å². The molecule has 5 heterocycles. The summed E-state index contributed by atoms with van der Waals surface area (Å²) in [6, 6.07) is -1.06. The number of nitrogens with one attached hydrogen (secondary N) is 1. The smallest absolute Gasteiger partial charge is 0.347 e. The Labute approximate surface area is 226 Å². The Balaban J connectivity index is 1.35. The lowest BCUT2D eigenvalue weighted by molar-refractivity contribution is -0.687. The van der Waals surface area contributed by atoms with Crippen molar-refractivity contribution in [3.8, 4) is 0 Å². The average molecular weight is 578 g/mol. The molecular formula is C21H19N7O7S3. The molecule has 0 aromatic carbocycles. The summed E-state index contributed by atoms with van der Waals surface area (Å²) in [5, 5.41) is 30.1. The van der Waals surface area contributed by atoms with E-state index in [0.717, 1.165) is 21.1 Å². The van der Waals surface area contributed by atoms with E-state index in [1.807, 2.05) is 33.1 Å². The number of aromatic nitrogens is 3. The fourth-order valence-electron chi connectivity index (χ4n) is 3.91. The van der Waals surface area contributed by atoms with Gasteiger partial charge in [-0.2, -0.15) is 4.40 Å². The second-order valence-corrected chi connectivity index (χ2v) is 11.2. The maximum Gasteiger partial charge on any atom is 0.347 e. The number of nitrogens with zero attached hydrogens (tertiary/aromatic N) is 5. The number of hydrogen-bond acceptors (Lipinski definition) is 12. The van der Waals surface area contributed by atoms with Crippen molar-refractivity contribution >= 4 is 73.9 Å². The van der Waals surface area contributed by atoms with E-state index in [2.05, 4.69) is 15.5 Å². The minimum atomic E-state index is -1.48. The van der Waals surface area contributed by atoms with Crippen molar-refractivity contribution in [2.75, 3.05) is 11.5 Å². The third kappa shape index (κ3) is 4.70. The molecule has 3 atom stereocenters. The zero-order valence-electron chi connectivity index (χ0n) is 19.5. The van der Waals surface area contributed by atoms with Crippen LogP contribution in [-0.4, -0.2) is 72.1 Å². The first kappa shape index (κ1) is 25.7. The number of nitrogens with two attached hydrogens (primary N) is 1. The standard InChI is InChI=1S/C21H19N7O7S3/c1-9(19(31)32)35-25-13(11-7-38-21(22)23-11)16(29)24-14-17(30)28-15(20(33)34)10(6-37-18(14)28)4-26-5-12-27(8-26)2-3-36-12/h2-3,5,7-9,14,18H,4,6H2,1H3,(H4-,22,23,24,29,31,32,33,34)/b25-13-/t9-,14+,18+/m0/s1. The zero-order chi connectivity index (χ0) is 27.1. The highest BCUT2D eigenvalue weighted by molar-refractivity contribution is 8.00. The van der Waals surface area contributed by atoms with Gasteiger partial charge >= 0.3 is 5.97 Å². The lowest BCUT2D eigenvalue weighted by atomic mass is 10.0. The molecule has 0 saturated carbocycles. The van der Waals surface area contributed by atoms with Crippen LogP contribution in [0, 0.1) is 0 Å². The van der Waals surface area contributed by atoms with Crippen molar-refractivity contribution in [2.24, 2.45) is 5.16 Å². The monoisotopic (exact) mass is 577 g/mol. The van der Waals surface area contributed by atoms with E-state index >= 15 is 0 Å². The lowest BCUT2D eigenvalue weighted by Gasteiger charge is -2.50. The number of fused-ring (bicyclic) bond motifs is 2. The highest BCUT2D eigenvalue weighted by Crippen LogP contribution is 2.40. The molecular weight excluding hydrogens is 558 g/mol. The number of carbonyl (C=O) groups excluding carboxylic acids is 3. The Morgan fingerprint density at radius 2 is 2.21 bits per heavy atom. The van der Waals surface area contributed by atoms with E-state index in [-0.39, 0.29) is 28.8 Å². The maximum absolute atomic E-state index is 13.1. The average Bonchev–Trinajstić information content (AvgIpc) is 3.58. The molecule has 2 amide bonds. The van der Waals surface area contributed by atoms with Crippen molar-refractivity contribution in [2.45, 2.75) is 31.0 Å². The third-order valence-electron chi connectivity index (χ3n) is 5.74. The number of anilines is 1. The van der Waals surface area contributed by atoms with E-state index in [1.165, 1.54) is 35.4 Å². The van der Waals surface area contributed by atoms with Crippen LogP contribution in [0.15, 0.2) is 45.9 Å². The van der Waals surface area contributed by atoms with Crippen LogP contribution in [0.1, 0.15) is 12.6 Å². The van der Waals surface area contributed by atoms with Gasteiger partial charge in [0.2, 0.25) is 17.3 Å². The fourth-order valence-corrected chi connectivity index (χ4v) is 6.56. The Hall–Kier alpha value is -3.96. The van der Waals surface area contributed by atoms with Crippen molar-refractivity contribution in [1.29, 1.82) is 0 Å². The summed E-state index contributed by atoms with van der Waals surface area (Å²) < 4.78 is 3.73. The molecule has 1 saturated heterocycles. The van der Waals surface area contributed by atoms with Gasteiger partial charge in [-0.15, -0.1) is 23.1 Å². The SMILES string of the molecule is C[C@H](O/N=C(\C(=O)N[C@@H]1C(=O)N2C(C(=O)[O-])=C(C[n+]3cc4sccn4c3)CS[C@H]12)c1csc(N)n1)C(=O)O. The summed E-state index contributed by atoms with van der Waals surface area (Å²) in [5.74, 6) is -3.98. The second-order valence-electron chi connectivity index (χ2n) is 8.26. The maximum atomic E-state index is 13.1. The van der Waals surface area contributed by atoms with E-state index in [1.54, 1.807) is 0 Å². The number of hydrogen-bond donors (Lipinski definition) is 3. The molecule has 17 heteroatoms. The molecule has 14 nitrogen and oxygen atoms in total. The van der Waals surface area contributed by atoms with Gasteiger partial charge < -0.3 is 30.9 Å². The number of thiazole rings is 2. The quantitative estimate of drug-likeness (QED) is 0.118. The van der Waals surface area contributed by atoms with Gasteiger partial charge in [0.1, 0.15) is 36.0 Å². The third-order valence-corrected chi connectivity index (χ3v) is 8.57. The van der Waals surface area contributed by atoms with E-state index in [9.17, 15) is 24.3 Å². The summed E-state index contributed by atoms with van der Waals surface area (Å²) >= 11 is 3.86. The van der Waals surface area contributed by atoms with Crippen molar-refractivity contribution < 1.29 is 38.8 Å². The first-order chi connectivity index (χ1) is 18.1. The minimum absolute atomic E-state index is 0.0321. The number of rotatable bonds is 9. The van der Waals surface area contributed by atoms with Crippen LogP contribution in [-0.2, 0) is 30.6 Å². The minimum Gasteiger partial charge on any atom is -0.543 e. The second kappa shape index (κ2) is 10.1. The van der Waals surface area contributed by atoms with Crippen molar-refractivity contribution in [3.05, 3.63) is 46.4 Å². The predicted octanol–water partition coefficient (Wildman–Crippen LogP) is -1.38. The molecule has 2 aliphatic rings. The lowest BCUT2D eigenvalue weighted by Crippen LogP contribution is -2.71. The number of carbonyl (C=O) groups is 4. The van der Waals surface area contributed by atoms with Crippen LogP contribution in [0.3, 0.4) is 0 Å². The van der Waals surface area contributed by atoms with Crippen LogP contribution >= 0.6 is 34.4 Å². The Kier molecular flexibility index (Phi) is 6.80. The predicted molar refractivity (Wildman–Crippen MR) is 134 cm³/mol. The molecule has 3 aromatic heterocycles. The van der Waals surface area contributed by atoms with Gasteiger partial charge in [-0.1, -0.05) is 16.5 Å². The van der Waals surface area contributed by atoms with Crippen molar-refractivity contribution in [1.82, 2.24) is 19.6 Å². The van der Waals surface area contributed by atoms with Crippen LogP contribution in [0.4, 0.5) is 5.13 Å². The highest BCUT2D eigenvalue weighted by Gasteiger charge is 2.53. The number of carboxylic acids is 2. The highest BCUT2D eigenvalue weighted by atomic mass is 32.2. The Bertz CT molecular complexity index is 1500. The van der Waals surface area contributed by atoms with Gasteiger partial charge in [0.25, 0.3) is 11.8 Å². The van der Waals surface area contributed by atoms with Crippen molar-refractivity contribution in [3.63, 3.8) is 0 Å². The molecule has 0 bridgehead atoms. The van der Waals surface area contributed by atoms with Crippen LogP contribution < -0.4 is 20.7 Å². The van der Waals surface area contributed by atoms with Crippen LogP contribution in [0.2, 0.25) is 0 Å². The van der Waals surface area contributed by atoms with E-state index < -0.39 is 41.3 Å². The summed E-state index contributed by atoms with van der Waals surface area (Å²) in [7, 11) is 0. The molecule has 0 aliphatic carbocycles. The molecule has 4 N–H and O–H groups in total. The van der Waals surface area contributed by atoms with Gasteiger partial charge in [0.05, 0.1) is 11.7 Å². The molecule has 1 fully saturated rings. The number of amides is 2. The van der Waals surface area contributed by atoms with Gasteiger partial charge in [-0.05, 0) is 6.92 Å². The first-order valence-corrected chi connectivity index (χ1v) is 13.8. The molecule has 0 radical (unpaired) electrons. The largest absolute Gasteiger partial charge is 0.543 e. The summed E-state index contributed by atoms with van der Waals surface area (Å²) in [4.78, 5) is 60.2. The number of carboxylic acid groups (broad SMARTS) is 2. The number of β-lactam (4-membered cyclic amide) rings is 1. The summed E-state index contributed by atoms with van der Waals surface area (Å²) in [5.41, 5.74) is 5.59. The fraction of sp³-hybridized carbons (Fsp3) is 0.286. The molecule has 0 unspecified atom stereocenters.